The number of rotatable bonds is 4. The van der Waals surface area contributed by atoms with Gasteiger partial charge in [-0.15, -0.1) is 0 Å². The highest BCUT2D eigenvalue weighted by Gasteiger charge is 2.39. The van der Waals surface area contributed by atoms with Gasteiger partial charge in [-0.3, -0.25) is 4.68 Å². The van der Waals surface area contributed by atoms with E-state index in [1.54, 1.807) is 23.1 Å². The fourth-order valence-corrected chi connectivity index (χ4v) is 7.22. The number of nitrogens with one attached hydrogen (secondary N) is 1. The summed E-state index contributed by atoms with van der Waals surface area (Å²) in [6, 6.07) is 5.67. The van der Waals surface area contributed by atoms with Crippen LogP contribution in [0.1, 0.15) is 72.3 Å². The van der Waals surface area contributed by atoms with Crippen molar-refractivity contribution in [1.82, 2.24) is 29.9 Å². The van der Waals surface area contributed by atoms with Crippen LogP contribution < -0.4 is 5.32 Å². The van der Waals surface area contributed by atoms with Crippen LogP contribution in [-0.2, 0) is 0 Å². The average Bonchev–Trinajstić information content (AvgIpc) is 3.60. The average molecular weight is 490 g/mol. The molecule has 0 bridgehead atoms. The normalized spacial score (nSPS) is 25.9. The van der Waals surface area contributed by atoms with Gasteiger partial charge in [0.1, 0.15) is 11.1 Å². The quantitative estimate of drug-likeness (QED) is 0.547. The molecule has 1 atom stereocenters. The van der Waals surface area contributed by atoms with Crippen LogP contribution >= 0.6 is 11.8 Å². The summed E-state index contributed by atoms with van der Waals surface area (Å²) in [5.41, 5.74) is 5.14. The number of thioether (sulfide) groups is 1. The van der Waals surface area contributed by atoms with Crippen LogP contribution in [0.3, 0.4) is 0 Å². The van der Waals surface area contributed by atoms with Gasteiger partial charge in [0, 0.05) is 30.2 Å². The first kappa shape index (κ1) is 22.5. The zero-order valence-electron chi connectivity index (χ0n) is 19.7. The third-order valence-corrected chi connectivity index (χ3v) is 9.20. The van der Waals surface area contributed by atoms with Crippen LogP contribution in [0.2, 0.25) is 0 Å². The molecule has 1 unspecified atom stereocenters. The van der Waals surface area contributed by atoms with Gasteiger partial charge in [0.2, 0.25) is 0 Å². The number of pyridine rings is 1. The van der Waals surface area contributed by atoms with E-state index in [4.69, 9.17) is 5.10 Å². The Kier molecular flexibility index (Phi) is 5.73. The van der Waals surface area contributed by atoms with Crippen LogP contribution in [0.15, 0.2) is 35.7 Å². The molecule has 3 aromatic rings. The Hall–Kier alpha value is -2.96. The highest BCUT2D eigenvalue weighted by atomic mass is 32.2. The van der Waals surface area contributed by atoms with E-state index in [2.05, 4.69) is 33.1 Å². The first-order valence-electron chi connectivity index (χ1n) is 12.3. The van der Waals surface area contributed by atoms with E-state index in [0.29, 0.717) is 28.5 Å². The molecule has 0 radical (unpaired) electrons. The van der Waals surface area contributed by atoms with E-state index >= 15 is 0 Å². The van der Waals surface area contributed by atoms with Crippen molar-refractivity contribution >= 4 is 23.5 Å². The lowest BCUT2D eigenvalue weighted by Gasteiger charge is -2.37. The number of aromatic nitrogens is 5. The minimum absolute atomic E-state index is 0.177. The van der Waals surface area contributed by atoms with Crippen LogP contribution in [-0.4, -0.2) is 37.6 Å². The lowest BCUT2D eigenvalue weighted by Crippen LogP contribution is -2.31. The van der Waals surface area contributed by atoms with Gasteiger partial charge in [0.05, 0.1) is 34.9 Å². The molecule has 1 N–H and O–H groups in total. The summed E-state index contributed by atoms with van der Waals surface area (Å²) in [5.74, 6) is -0.352. The maximum atomic E-state index is 14.4. The zero-order valence-corrected chi connectivity index (χ0v) is 20.6. The molecule has 1 spiro atoms. The van der Waals surface area contributed by atoms with E-state index in [9.17, 15) is 9.65 Å². The van der Waals surface area contributed by atoms with E-state index in [1.165, 1.54) is 37.1 Å². The Morgan fingerprint density at radius 2 is 2.09 bits per heavy atom. The van der Waals surface area contributed by atoms with Crippen molar-refractivity contribution < 1.29 is 4.39 Å². The Bertz CT molecular complexity index is 1320. The van der Waals surface area contributed by atoms with Crippen LogP contribution in [0.4, 0.5) is 4.39 Å². The van der Waals surface area contributed by atoms with Crippen molar-refractivity contribution in [2.75, 3.05) is 13.1 Å². The number of nitrogens with zero attached hydrogens (tertiary/aromatic N) is 6. The monoisotopic (exact) mass is 489 g/mol. The van der Waals surface area contributed by atoms with Gasteiger partial charge < -0.3 is 5.32 Å². The van der Waals surface area contributed by atoms with Crippen LogP contribution in [0, 0.1) is 29.5 Å². The molecule has 9 heteroatoms. The van der Waals surface area contributed by atoms with Crippen molar-refractivity contribution in [3.8, 4) is 6.07 Å². The number of nitriles is 1. The van der Waals surface area contributed by atoms with Crippen LogP contribution in [0.5, 0.6) is 0 Å². The molecule has 0 aromatic carbocycles. The Balaban J connectivity index is 1.29. The highest BCUT2D eigenvalue weighted by Crippen LogP contribution is 2.48. The minimum Gasteiger partial charge on any atom is -0.316 e. The zero-order chi connectivity index (χ0) is 24.0. The second kappa shape index (κ2) is 8.92. The summed E-state index contributed by atoms with van der Waals surface area (Å²) in [7, 11) is 0. The van der Waals surface area contributed by atoms with Gasteiger partial charge in [-0.05, 0) is 75.1 Å². The van der Waals surface area contributed by atoms with Gasteiger partial charge in [-0.1, -0.05) is 11.8 Å². The fraction of sp³-hybridized carbons (Fsp3) is 0.462. The SMILES string of the molecule is Cc1c(C2=Cn3ncc(C#N)c3C(Sc3ncccc3F)C2)cnn1C1CCC2(CCNC2)CC1. The summed E-state index contributed by atoms with van der Waals surface area (Å²) in [5, 5.41) is 22.6. The predicted molar refractivity (Wildman–Crippen MR) is 133 cm³/mol. The van der Waals surface area contributed by atoms with Gasteiger partial charge in [-0.2, -0.15) is 15.5 Å². The van der Waals surface area contributed by atoms with Crippen molar-refractivity contribution in [1.29, 1.82) is 5.26 Å². The smallest absolute Gasteiger partial charge is 0.155 e. The second-order valence-electron chi connectivity index (χ2n) is 10.0. The van der Waals surface area contributed by atoms with E-state index in [0.717, 1.165) is 48.5 Å². The molecular formula is C26H28FN7S. The molecule has 180 valence electrons. The summed E-state index contributed by atoms with van der Waals surface area (Å²) in [6.07, 6.45) is 13.9. The van der Waals surface area contributed by atoms with E-state index in [1.807, 2.05) is 12.4 Å². The summed E-state index contributed by atoms with van der Waals surface area (Å²) < 4.78 is 18.4. The molecule has 3 aliphatic rings. The largest absolute Gasteiger partial charge is 0.316 e. The standard InChI is InChI=1S/C26H28FN7S/c1-17-21(14-32-34(17)20-4-6-26(7-5-20)8-10-29-16-26)18-11-23(35-25-22(27)3-2-9-30-25)24-19(12-28)13-31-33(24)15-18/h2-3,9,13-15,20,23,29H,4-8,10-11,16H2,1H3. The molecule has 1 aliphatic carbocycles. The summed E-state index contributed by atoms with van der Waals surface area (Å²) >= 11 is 1.35. The molecule has 2 fully saturated rings. The summed E-state index contributed by atoms with van der Waals surface area (Å²) in [4.78, 5) is 4.23. The Labute approximate surface area is 208 Å². The minimum atomic E-state index is -0.352. The fourth-order valence-electron chi connectivity index (χ4n) is 6.04. The molecule has 7 nitrogen and oxygen atoms in total. The molecule has 5 heterocycles. The Morgan fingerprint density at radius 1 is 1.23 bits per heavy atom. The second-order valence-corrected chi connectivity index (χ2v) is 11.2. The first-order chi connectivity index (χ1) is 17.1. The molecule has 0 amide bonds. The maximum Gasteiger partial charge on any atom is 0.155 e. The lowest BCUT2D eigenvalue weighted by molar-refractivity contribution is 0.165. The number of allylic oxidation sites excluding steroid dienone is 1. The van der Waals surface area contributed by atoms with Crippen LogP contribution in [0.25, 0.3) is 11.8 Å². The predicted octanol–water partition coefficient (Wildman–Crippen LogP) is 5.12. The molecule has 2 aliphatic heterocycles. The third kappa shape index (κ3) is 3.99. The van der Waals surface area contributed by atoms with Gasteiger partial charge >= 0.3 is 0 Å². The van der Waals surface area contributed by atoms with E-state index in [-0.39, 0.29) is 11.1 Å². The van der Waals surface area contributed by atoms with Gasteiger partial charge in [0.15, 0.2) is 5.82 Å². The molecule has 3 aromatic heterocycles. The first-order valence-corrected chi connectivity index (χ1v) is 13.2. The number of halogens is 1. The molecule has 1 saturated carbocycles. The third-order valence-electron chi connectivity index (χ3n) is 8.01. The number of hydrogen-bond acceptors (Lipinski definition) is 6. The summed E-state index contributed by atoms with van der Waals surface area (Å²) in [6.45, 7) is 4.45. The van der Waals surface area contributed by atoms with Crippen molar-refractivity contribution in [2.24, 2.45) is 5.41 Å². The van der Waals surface area contributed by atoms with Gasteiger partial charge in [0.25, 0.3) is 0 Å². The topological polar surface area (TPSA) is 84.3 Å². The maximum absolute atomic E-state index is 14.4. The molecule has 35 heavy (non-hydrogen) atoms. The number of fused-ring (bicyclic) bond motifs is 1. The van der Waals surface area contributed by atoms with Gasteiger partial charge in [-0.25, -0.2) is 14.1 Å². The molecule has 1 saturated heterocycles. The molecule has 6 rings (SSSR count). The highest BCUT2D eigenvalue weighted by molar-refractivity contribution is 7.99. The lowest BCUT2D eigenvalue weighted by atomic mass is 9.72. The van der Waals surface area contributed by atoms with Crippen molar-refractivity contribution in [2.45, 2.75) is 61.8 Å². The van der Waals surface area contributed by atoms with E-state index < -0.39 is 0 Å². The number of hydrogen-bond donors (Lipinski definition) is 1. The van der Waals surface area contributed by atoms with Crippen molar-refractivity contribution in [3.05, 3.63) is 59.1 Å². The van der Waals surface area contributed by atoms with Crippen molar-refractivity contribution in [3.63, 3.8) is 0 Å². The Morgan fingerprint density at radius 3 is 2.83 bits per heavy atom. The molecular weight excluding hydrogens is 461 g/mol.